The number of benzene rings is 11. The van der Waals surface area contributed by atoms with Gasteiger partial charge in [-0.15, -0.1) is 0 Å². The van der Waals surface area contributed by atoms with Crippen LogP contribution in [0.15, 0.2) is 264 Å². The molecule has 76 heavy (non-hydrogen) atoms. The Morgan fingerprint density at radius 3 is 1.00 bits per heavy atom. The Morgan fingerprint density at radius 2 is 0.632 bits per heavy atom. The summed E-state index contributed by atoms with van der Waals surface area (Å²) in [5.74, 6) is 0. The molecule has 13 aromatic rings. The van der Waals surface area contributed by atoms with E-state index in [1.54, 1.807) is 0 Å². The molecule has 6 nitrogen and oxygen atoms in total. The number of hydrogen-bond donors (Lipinski definition) is 0. The summed E-state index contributed by atoms with van der Waals surface area (Å²) in [5.41, 5.74) is 9.37. The Morgan fingerprint density at radius 1 is 0.303 bits per heavy atom. The second-order valence-corrected chi connectivity index (χ2v) is 35.1. The van der Waals surface area contributed by atoms with Crippen molar-refractivity contribution in [3.05, 3.63) is 266 Å². The zero-order valence-electron chi connectivity index (χ0n) is 40.9. The molecule has 0 bridgehead atoms. The second-order valence-electron chi connectivity index (χ2n) is 19.6. The van der Waals surface area contributed by atoms with Gasteiger partial charge in [-0.25, -0.2) is 0 Å². The van der Waals surface area contributed by atoms with Crippen molar-refractivity contribution in [1.82, 2.24) is 0 Å². The average molecular weight is 1090 g/mol. The van der Waals surface area contributed by atoms with E-state index >= 15 is 0 Å². The van der Waals surface area contributed by atoms with Gasteiger partial charge in [0.05, 0.1) is 0 Å². The van der Waals surface area contributed by atoms with Crippen LogP contribution in [0.25, 0.3) is 43.9 Å². The molecule has 0 radical (unpaired) electrons. The minimum absolute atomic E-state index is 0.286. The molecule has 0 spiro atoms. The molecule has 2 aliphatic heterocycles. The van der Waals surface area contributed by atoms with Crippen molar-refractivity contribution in [1.29, 1.82) is 10.5 Å². The molecule has 0 saturated carbocycles. The molecule has 0 fully saturated rings. The predicted octanol–water partition coefficient (Wildman–Crippen LogP) is 11.5. The van der Waals surface area contributed by atoms with Crippen molar-refractivity contribution in [3.63, 3.8) is 0 Å². The van der Waals surface area contributed by atoms with Crippen molar-refractivity contribution < 1.29 is 8.83 Å². The zero-order chi connectivity index (χ0) is 50.5. The topological polar surface area (TPSA) is 80.3 Å². The fourth-order valence-corrected chi connectivity index (χ4v) is 35.0. The maximum atomic E-state index is 11.1. The minimum atomic E-state index is -4.15. The van der Waals surface area contributed by atoms with Crippen LogP contribution in [0.1, 0.15) is 11.1 Å². The quantitative estimate of drug-likeness (QED) is 0.154. The molecule has 2 aliphatic rings. The van der Waals surface area contributed by atoms with E-state index < -0.39 is 26.5 Å². The summed E-state index contributed by atoms with van der Waals surface area (Å²) in [7, 11) is 0. The van der Waals surface area contributed by atoms with Crippen LogP contribution in [-0.4, -0.2) is 26.5 Å². The number of anilines is 6. The van der Waals surface area contributed by atoms with E-state index in [0.717, 1.165) is 86.8 Å². The summed E-state index contributed by atoms with van der Waals surface area (Å²) in [6.07, 6.45) is 0. The van der Waals surface area contributed by atoms with E-state index in [4.69, 9.17) is 8.83 Å². The molecule has 4 heterocycles. The van der Waals surface area contributed by atoms with Gasteiger partial charge in [0.2, 0.25) is 0 Å². The van der Waals surface area contributed by atoms with Crippen molar-refractivity contribution in [3.8, 4) is 12.1 Å². The van der Waals surface area contributed by atoms with Crippen molar-refractivity contribution >= 4 is 140 Å². The molecule has 0 unspecified atom stereocenters. The molecule has 354 valence electrons. The third-order valence-corrected chi connectivity index (χ3v) is 36.4. The van der Waals surface area contributed by atoms with Crippen LogP contribution in [-0.2, 0) is 0 Å². The van der Waals surface area contributed by atoms with Gasteiger partial charge < -0.3 is 0 Å². The summed E-state index contributed by atoms with van der Waals surface area (Å²) in [6.45, 7) is 0. The Balaban J connectivity index is 1.11. The van der Waals surface area contributed by atoms with Crippen LogP contribution < -0.4 is 45.0 Å². The molecular weight excluding hydrogens is 1050 g/mol. The van der Waals surface area contributed by atoms with Crippen LogP contribution in [0.5, 0.6) is 0 Å². The molecule has 11 aromatic carbocycles. The van der Waals surface area contributed by atoms with E-state index in [0.29, 0.717) is 0 Å². The summed E-state index contributed by atoms with van der Waals surface area (Å²) >= 11 is -8.29. The number of nitriles is 2. The number of fused-ring (bicyclic) bond motifs is 12. The Bertz CT molecular complexity index is 4210. The number of nitrogens with zero attached hydrogens (tertiary/aromatic N) is 4. The fourth-order valence-electron chi connectivity index (χ4n) is 13.1. The van der Waals surface area contributed by atoms with E-state index in [2.05, 4.69) is 252 Å². The first-order valence-corrected chi connectivity index (χ1v) is 33.9. The third kappa shape index (κ3) is 6.02. The fraction of sp³-hybridized carbons (Fsp3) is 0. The van der Waals surface area contributed by atoms with Crippen molar-refractivity contribution in [2.75, 3.05) is 9.80 Å². The zero-order valence-corrected chi connectivity index (χ0v) is 45.1. The van der Waals surface area contributed by atoms with Gasteiger partial charge in [-0.05, 0) is 0 Å². The van der Waals surface area contributed by atoms with Gasteiger partial charge in [-0.2, -0.15) is 0 Å². The Hall–Kier alpha value is -9.31. The van der Waals surface area contributed by atoms with E-state index in [-0.39, 0.29) is 11.1 Å². The first kappa shape index (κ1) is 44.2. The van der Waals surface area contributed by atoms with Gasteiger partial charge in [0.25, 0.3) is 0 Å². The summed E-state index contributed by atoms with van der Waals surface area (Å²) in [4.78, 5) is 4.73. The Kier molecular flexibility index (Phi) is 9.96. The molecule has 2 aromatic heterocycles. The SMILES string of the molecule is N#Cc1cc(N2c3cccc[c]3[Ge]([c]3ccccc3)([c]3ccccc3)[c]3c2ccc2c3oc3ccccc32)c(N2c3cccc[c]3[Ge]([c]3ccccc3)([c]3ccccc3)[c]3c2ccc2c3oc3ccccc32)cc1C#N. The first-order valence-electron chi connectivity index (χ1n) is 25.5. The van der Waals surface area contributed by atoms with Crippen molar-refractivity contribution in [2.24, 2.45) is 0 Å². The van der Waals surface area contributed by atoms with Crippen LogP contribution in [0.2, 0.25) is 0 Å². The number of furan rings is 2. The normalized spacial score (nSPS) is 13.9. The van der Waals surface area contributed by atoms with E-state index in [9.17, 15) is 10.5 Å². The number of para-hydroxylation sites is 4. The van der Waals surface area contributed by atoms with Gasteiger partial charge in [0.15, 0.2) is 0 Å². The molecule has 0 saturated heterocycles. The van der Waals surface area contributed by atoms with Gasteiger partial charge in [-0.1, -0.05) is 0 Å². The molecule has 0 atom stereocenters. The van der Waals surface area contributed by atoms with Crippen LogP contribution in [0.3, 0.4) is 0 Å². The summed E-state index contributed by atoms with van der Waals surface area (Å²) in [5, 5.41) is 26.5. The molecular formula is C68H42Ge2N4O2. The maximum absolute atomic E-state index is 11.1. The average Bonchev–Trinajstić information content (AvgIpc) is 4.19. The first-order chi connectivity index (χ1) is 37.6. The van der Waals surface area contributed by atoms with Gasteiger partial charge in [0, 0.05) is 0 Å². The Labute approximate surface area is 443 Å². The van der Waals surface area contributed by atoms with Crippen LogP contribution in [0.4, 0.5) is 34.1 Å². The summed E-state index contributed by atoms with van der Waals surface area (Å²) in [6, 6.07) is 96.4. The van der Waals surface area contributed by atoms with Gasteiger partial charge in [-0.3, -0.25) is 0 Å². The number of hydrogen-bond acceptors (Lipinski definition) is 6. The van der Waals surface area contributed by atoms with Crippen molar-refractivity contribution in [2.45, 2.75) is 0 Å². The summed E-state index contributed by atoms with van der Waals surface area (Å²) < 4.78 is 24.3. The molecule has 0 aliphatic carbocycles. The standard InChI is InChI=1S/C68H42Ge2N4O2/c71-43-45-41-61(73-57-33-17-15-31-55(57)69(47-21-5-1-6-22-47,48-23-7-2-8-24-48)65-59(73)39-37-53-51-29-13-19-35-63(51)75-67(53)65)62(42-46(45)44-72)74-58-34-18-16-32-56(58)70(49-25-9-3-10-26-49,50-27-11-4-12-28-50)66-60(74)40-38-54-52-30-14-20-36-64(52)76-68(54)66/h1-42H. The molecule has 0 N–H and O–H groups in total. The monoisotopic (exact) mass is 1090 g/mol. The van der Waals surface area contributed by atoms with Gasteiger partial charge >= 0.3 is 447 Å². The molecule has 15 rings (SSSR count). The van der Waals surface area contributed by atoms with Crippen LogP contribution >= 0.6 is 0 Å². The van der Waals surface area contributed by atoms with E-state index in [1.165, 1.54) is 26.4 Å². The number of rotatable bonds is 6. The van der Waals surface area contributed by atoms with Crippen LogP contribution in [0, 0.1) is 22.7 Å². The molecule has 0 amide bonds. The third-order valence-electron chi connectivity index (χ3n) is 16.0. The second kappa shape index (κ2) is 17.1. The van der Waals surface area contributed by atoms with Gasteiger partial charge in [0.1, 0.15) is 0 Å². The molecule has 8 heteroatoms. The predicted molar refractivity (Wildman–Crippen MR) is 314 cm³/mol. The van der Waals surface area contributed by atoms with E-state index in [1.807, 2.05) is 24.3 Å².